The molecule has 0 bridgehead atoms. The maximum atomic E-state index is 11.8. The van der Waals surface area contributed by atoms with E-state index in [1.54, 1.807) is 7.11 Å². The normalized spacial score (nSPS) is 10.1. The molecular formula is C18H21NO3. The van der Waals surface area contributed by atoms with Gasteiger partial charge in [0.05, 0.1) is 7.11 Å². The molecule has 1 amide bonds. The number of hydrogen-bond donors (Lipinski definition) is 1. The molecule has 4 heteroatoms. The lowest BCUT2D eigenvalue weighted by molar-refractivity contribution is -0.123. The lowest BCUT2D eigenvalue weighted by Crippen LogP contribution is -2.30. The summed E-state index contributed by atoms with van der Waals surface area (Å²) in [6, 6.07) is 15.7. The summed E-state index contributed by atoms with van der Waals surface area (Å²) in [4.78, 5) is 11.8. The summed E-state index contributed by atoms with van der Waals surface area (Å²) in [7, 11) is 1.58. The van der Waals surface area contributed by atoms with Gasteiger partial charge >= 0.3 is 0 Å². The van der Waals surface area contributed by atoms with E-state index in [9.17, 15) is 4.79 Å². The van der Waals surface area contributed by atoms with Crippen molar-refractivity contribution in [3.63, 3.8) is 0 Å². The van der Waals surface area contributed by atoms with Crippen molar-refractivity contribution in [1.82, 2.24) is 5.32 Å². The van der Waals surface area contributed by atoms with Gasteiger partial charge in [0.25, 0.3) is 5.91 Å². The molecule has 0 atom stereocenters. The second kappa shape index (κ2) is 8.08. The third kappa shape index (κ3) is 4.81. The van der Waals surface area contributed by atoms with E-state index in [2.05, 4.69) is 5.32 Å². The zero-order chi connectivity index (χ0) is 15.8. The lowest BCUT2D eigenvalue weighted by atomic mass is 10.1. The molecule has 1 N–H and O–H groups in total. The molecule has 0 aliphatic carbocycles. The first-order valence-corrected chi connectivity index (χ1v) is 7.27. The fourth-order valence-electron chi connectivity index (χ4n) is 2.08. The van der Waals surface area contributed by atoms with Crippen LogP contribution in [0.5, 0.6) is 11.5 Å². The summed E-state index contributed by atoms with van der Waals surface area (Å²) in [5, 5.41) is 2.85. The van der Waals surface area contributed by atoms with Gasteiger partial charge < -0.3 is 14.8 Å². The second-order valence-corrected chi connectivity index (χ2v) is 5.03. The van der Waals surface area contributed by atoms with Crippen molar-refractivity contribution in [3.8, 4) is 11.5 Å². The Bertz CT molecular complexity index is 611. The third-order valence-electron chi connectivity index (χ3n) is 3.26. The molecule has 0 radical (unpaired) electrons. The monoisotopic (exact) mass is 299 g/mol. The Morgan fingerprint density at radius 2 is 1.86 bits per heavy atom. The van der Waals surface area contributed by atoms with Gasteiger partial charge in [0, 0.05) is 6.54 Å². The predicted molar refractivity (Wildman–Crippen MR) is 86.4 cm³/mol. The standard InChI is InChI=1S/C18H21NO3/c1-14-8-9-16(17(12-14)21-2)22-13-18(20)19-11-10-15-6-4-3-5-7-15/h3-9,12H,10-11,13H2,1-2H3,(H,19,20). The zero-order valence-corrected chi connectivity index (χ0v) is 13.0. The number of amides is 1. The first-order valence-electron chi connectivity index (χ1n) is 7.27. The molecule has 0 fully saturated rings. The number of carbonyl (C=O) groups excluding carboxylic acids is 1. The largest absolute Gasteiger partial charge is 0.493 e. The van der Waals surface area contributed by atoms with Crippen molar-refractivity contribution in [1.29, 1.82) is 0 Å². The highest BCUT2D eigenvalue weighted by Crippen LogP contribution is 2.27. The van der Waals surface area contributed by atoms with Gasteiger partial charge in [-0.3, -0.25) is 4.79 Å². The summed E-state index contributed by atoms with van der Waals surface area (Å²) in [6.45, 7) is 2.55. The Labute approximate surface area is 131 Å². The molecule has 0 spiro atoms. The lowest BCUT2D eigenvalue weighted by Gasteiger charge is -2.11. The first kappa shape index (κ1) is 15.9. The van der Waals surface area contributed by atoms with Crippen molar-refractivity contribution in [3.05, 3.63) is 59.7 Å². The Morgan fingerprint density at radius 1 is 1.09 bits per heavy atom. The molecular weight excluding hydrogens is 278 g/mol. The number of hydrogen-bond acceptors (Lipinski definition) is 3. The maximum absolute atomic E-state index is 11.8. The van der Waals surface area contributed by atoms with Crippen molar-refractivity contribution in [2.75, 3.05) is 20.3 Å². The van der Waals surface area contributed by atoms with Crippen molar-refractivity contribution in [2.24, 2.45) is 0 Å². The van der Waals surface area contributed by atoms with Crippen LogP contribution >= 0.6 is 0 Å². The highest BCUT2D eigenvalue weighted by atomic mass is 16.5. The number of rotatable bonds is 7. The van der Waals surface area contributed by atoms with Gasteiger partial charge in [-0.2, -0.15) is 0 Å². The summed E-state index contributed by atoms with van der Waals surface area (Å²) in [6.07, 6.45) is 0.806. The highest BCUT2D eigenvalue weighted by molar-refractivity contribution is 5.77. The molecule has 0 aliphatic heterocycles. The minimum atomic E-state index is -0.140. The number of ether oxygens (including phenoxy) is 2. The summed E-state index contributed by atoms with van der Waals surface area (Å²) in [5.41, 5.74) is 2.28. The average Bonchev–Trinajstić information content (AvgIpc) is 2.54. The van der Waals surface area contributed by atoms with E-state index in [0.29, 0.717) is 18.0 Å². The molecule has 4 nitrogen and oxygen atoms in total. The van der Waals surface area contributed by atoms with E-state index >= 15 is 0 Å². The van der Waals surface area contributed by atoms with E-state index in [0.717, 1.165) is 12.0 Å². The number of nitrogens with one attached hydrogen (secondary N) is 1. The van der Waals surface area contributed by atoms with E-state index in [4.69, 9.17) is 9.47 Å². The molecule has 0 saturated heterocycles. The third-order valence-corrected chi connectivity index (χ3v) is 3.26. The molecule has 0 aliphatic rings. The van der Waals surface area contributed by atoms with Crippen LogP contribution in [0.4, 0.5) is 0 Å². The van der Waals surface area contributed by atoms with Gasteiger partial charge in [-0.1, -0.05) is 36.4 Å². The number of aryl methyl sites for hydroxylation is 1. The molecule has 2 rings (SSSR count). The molecule has 2 aromatic rings. The fraction of sp³-hybridized carbons (Fsp3) is 0.278. The molecule has 0 heterocycles. The minimum Gasteiger partial charge on any atom is -0.493 e. The molecule has 0 unspecified atom stereocenters. The predicted octanol–water partition coefficient (Wildman–Crippen LogP) is 2.74. The van der Waals surface area contributed by atoms with Crippen LogP contribution in [-0.4, -0.2) is 26.2 Å². The summed E-state index contributed by atoms with van der Waals surface area (Å²) >= 11 is 0. The minimum absolute atomic E-state index is 0.0196. The van der Waals surface area contributed by atoms with Crippen molar-refractivity contribution >= 4 is 5.91 Å². The van der Waals surface area contributed by atoms with Crippen molar-refractivity contribution < 1.29 is 14.3 Å². The van der Waals surface area contributed by atoms with E-state index in [1.807, 2.05) is 55.5 Å². The number of methoxy groups -OCH3 is 1. The summed E-state index contributed by atoms with van der Waals surface area (Å²) in [5.74, 6) is 1.07. The van der Waals surface area contributed by atoms with Gasteiger partial charge in [0.2, 0.25) is 0 Å². The molecule has 2 aromatic carbocycles. The number of carbonyl (C=O) groups is 1. The van der Waals surface area contributed by atoms with Crippen LogP contribution in [0.2, 0.25) is 0 Å². The maximum Gasteiger partial charge on any atom is 0.257 e. The van der Waals surface area contributed by atoms with Crippen LogP contribution in [0, 0.1) is 6.92 Å². The molecule has 0 aromatic heterocycles. The fourth-order valence-corrected chi connectivity index (χ4v) is 2.08. The van der Waals surface area contributed by atoms with Crippen LogP contribution in [0.3, 0.4) is 0 Å². The van der Waals surface area contributed by atoms with E-state index in [1.165, 1.54) is 5.56 Å². The Hall–Kier alpha value is -2.49. The highest BCUT2D eigenvalue weighted by Gasteiger charge is 2.07. The van der Waals surface area contributed by atoms with Crippen molar-refractivity contribution in [2.45, 2.75) is 13.3 Å². The zero-order valence-electron chi connectivity index (χ0n) is 13.0. The first-order chi connectivity index (χ1) is 10.7. The number of benzene rings is 2. The molecule has 22 heavy (non-hydrogen) atoms. The van der Waals surface area contributed by atoms with Gasteiger partial charge in [0.15, 0.2) is 18.1 Å². The van der Waals surface area contributed by atoms with Crippen LogP contribution < -0.4 is 14.8 Å². The molecule has 0 saturated carbocycles. The topological polar surface area (TPSA) is 47.6 Å². The van der Waals surface area contributed by atoms with Gasteiger partial charge in [-0.15, -0.1) is 0 Å². The van der Waals surface area contributed by atoms with Gasteiger partial charge in [-0.05, 0) is 36.6 Å². The smallest absolute Gasteiger partial charge is 0.257 e. The van der Waals surface area contributed by atoms with Gasteiger partial charge in [0.1, 0.15) is 0 Å². The van der Waals surface area contributed by atoms with Gasteiger partial charge in [-0.25, -0.2) is 0 Å². The second-order valence-electron chi connectivity index (χ2n) is 5.03. The van der Waals surface area contributed by atoms with Crippen LogP contribution in [0.15, 0.2) is 48.5 Å². The average molecular weight is 299 g/mol. The quantitative estimate of drug-likeness (QED) is 0.855. The Morgan fingerprint density at radius 3 is 2.59 bits per heavy atom. The SMILES string of the molecule is COc1cc(C)ccc1OCC(=O)NCCc1ccccc1. The van der Waals surface area contributed by atoms with E-state index in [-0.39, 0.29) is 12.5 Å². The van der Waals surface area contributed by atoms with Crippen LogP contribution in [0.1, 0.15) is 11.1 Å². The Kier molecular flexibility index (Phi) is 5.83. The Balaban J connectivity index is 1.76. The van der Waals surface area contributed by atoms with Crippen LogP contribution in [0.25, 0.3) is 0 Å². The van der Waals surface area contributed by atoms with Crippen LogP contribution in [-0.2, 0) is 11.2 Å². The summed E-state index contributed by atoms with van der Waals surface area (Å²) < 4.78 is 10.8. The van der Waals surface area contributed by atoms with E-state index < -0.39 is 0 Å². The molecule has 116 valence electrons.